The van der Waals surface area contributed by atoms with Crippen LogP contribution in [-0.4, -0.2) is 22.7 Å². The third-order valence-corrected chi connectivity index (χ3v) is 4.66. The standard InChI is InChI=1S/C26H27FN2O/c1-3-17-30-25-15-13-23(14-16-25)26-28-18-24(19-29-26)22-11-9-21(10-12-22)8-6-4-5-7-20(2)27/h3,6,8-16,18-20H,1,4-5,7,17H2,2H3/b8-6+. The van der Waals surface area contributed by atoms with Crippen molar-refractivity contribution in [2.45, 2.75) is 32.4 Å². The van der Waals surface area contributed by atoms with Gasteiger partial charge in [-0.25, -0.2) is 14.4 Å². The Balaban J connectivity index is 1.60. The van der Waals surface area contributed by atoms with Crippen molar-refractivity contribution in [3.05, 3.63) is 85.2 Å². The number of ether oxygens (including phenoxy) is 1. The zero-order chi connectivity index (χ0) is 21.2. The largest absolute Gasteiger partial charge is 0.490 e. The summed E-state index contributed by atoms with van der Waals surface area (Å²) in [5.41, 5.74) is 4.11. The molecule has 4 heteroatoms. The summed E-state index contributed by atoms with van der Waals surface area (Å²) in [7, 11) is 0. The first-order chi connectivity index (χ1) is 14.7. The lowest BCUT2D eigenvalue weighted by molar-refractivity contribution is 0.335. The van der Waals surface area contributed by atoms with E-state index in [4.69, 9.17) is 4.74 Å². The van der Waals surface area contributed by atoms with Crippen molar-refractivity contribution in [2.24, 2.45) is 0 Å². The molecule has 0 radical (unpaired) electrons. The van der Waals surface area contributed by atoms with Crippen LogP contribution in [0.15, 0.2) is 79.7 Å². The number of aromatic nitrogens is 2. The summed E-state index contributed by atoms with van der Waals surface area (Å²) in [6.07, 6.45) is 11.2. The Kier molecular flexibility index (Phi) is 7.90. The molecule has 3 aromatic rings. The lowest BCUT2D eigenvalue weighted by Crippen LogP contribution is -1.93. The number of alkyl halides is 1. The number of hydrogen-bond donors (Lipinski definition) is 0. The third kappa shape index (κ3) is 6.38. The second kappa shape index (κ2) is 11.1. The van der Waals surface area contributed by atoms with Crippen molar-refractivity contribution in [3.63, 3.8) is 0 Å². The van der Waals surface area contributed by atoms with Crippen LogP contribution >= 0.6 is 0 Å². The quantitative estimate of drug-likeness (QED) is 0.273. The summed E-state index contributed by atoms with van der Waals surface area (Å²) in [6, 6.07) is 16.0. The van der Waals surface area contributed by atoms with Crippen molar-refractivity contribution >= 4 is 6.08 Å². The van der Waals surface area contributed by atoms with Gasteiger partial charge in [-0.1, -0.05) is 49.1 Å². The van der Waals surface area contributed by atoms with E-state index in [1.165, 1.54) is 0 Å². The predicted octanol–water partition coefficient (Wildman–Crippen LogP) is 6.92. The van der Waals surface area contributed by atoms with E-state index in [1.807, 2.05) is 36.7 Å². The Labute approximate surface area is 178 Å². The summed E-state index contributed by atoms with van der Waals surface area (Å²) in [6.45, 7) is 5.73. The van der Waals surface area contributed by atoms with E-state index in [-0.39, 0.29) is 0 Å². The molecule has 3 rings (SSSR count). The van der Waals surface area contributed by atoms with Crippen LogP contribution in [0.4, 0.5) is 4.39 Å². The molecule has 0 aliphatic rings. The first kappa shape index (κ1) is 21.4. The minimum atomic E-state index is -0.720. The van der Waals surface area contributed by atoms with Crippen LogP contribution in [0.2, 0.25) is 0 Å². The van der Waals surface area contributed by atoms with E-state index >= 15 is 0 Å². The summed E-state index contributed by atoms with van der Waals surface area (Å²) < 4.78 is 18.3. The van der Waals surface area contributed by atoms with Gasteiger partial charge in [-0.05, 0) is 61.6 Å². The molecule has 0 fully saturated rings. The van der Waals surface area contributed by atoms with Crippen LogP contribution in [0.5, 0.6) is 5.75 Å². The molecule has 0 saturated carbocycles. The van der Waals surface area contributed by atoms with Gasteiger partial charge in [0.15, 0.2) is 5.82 Å². The van der Waals surface area contributed by atoms with E-state index < -0.39 is 6.17 Å². The Bertz CT molecular complexity index is 946. The molecule has 0 aliphatic heterocycles. The van der Waals surface area contributed by atoms with Crippen molar-refractivity contribution in [2.75, 3.05) is 6.61 Å². The van der Waals surface area contributed by atoms with Crippen LogP contribution in [0, 0.1) is 0 Å². The molecule has 1 heterocycles. The van der Waals surface area contributed by atoms with Crippen molar-refractivity contribution in [3.8, 4) is 28.3 Å². The Hall–Kier alpha value is -3.27. The van der Waals surface area contributed by atoms with E-state index in [2.05, 4.69) is 53.0 Å². The van der Waals surface area contributed by atoms with Gasteiger partial charge in [-0.15, -0.1) is 0 Å². The molecule has 0 bridgehead atoms. The molecule has 1 atom stereocenters. The van der Waals surface area contributed by atoms with Crippen LogP contribution in [0.3, 0.4) is 0 Å². The Morgan fingerprint density at radius 3 is 2.27 bits per heavy atom. The maximum absolute atomic E-state index is 12.8. The van der Waals surface area contributed by atoms with Crippen molar-refractivity contribution < 1.29 is 9.13 Å². The van der Waals surface area contributed by atoms with Crippen LogP contribution in [0.1, 0.15) is 31.7 Å². The van der Waals surface area contributed by atoms with Gasteiger partial charge in [0, 0.05) is 23.5 Å². The second-order valence-corrected chi connectivity index (χ2v) is 7.16. The zero-order valence-corrected chi connectivity index (χ0v) is 17.3. The Morgan fingerprint density at radius 1 is 0.967 bits per heavy atom. The lowest BCUT2D eigenvalue weighted by Gasteiger charge is -2.06. The predicted molar refractivity (Wildman–Crippen MR) is 122 cm³/mol. The van der Waals surface area contributed by atoms with Gasteiger partial charge in [-0.2, -0.15) is 0 Å². The molecule has 1 unspecified atom stereocenters. The fourth-order valence-corrected chi connectivity index (χ4v) is 3.00. The fraction of sp³-hybridized carbons (Fsp3) is 0.231. The first-order valence-electron chi connectivity index (χ1n) is 10.2. The van der Waals surface area contributed by atoms with Gasteiger partial charge in [0.1, 0.15) is 12.4 Å². The second-order valence-electron chi connectivity index (χ2n) is 7.16. The number of rotatable bonds is 10. The van der Waals surface area contributed by atoms with Gasteiger partial charge in [-0.3, -0.25) is 0 Å². The normalized spacial score (nSPS) is 12.1. The molecule has 0 amide bonds. The van der Waals surface area contributed by atoms with Crippen LogP contribution in [0.25, 0.3) is 28.6 Å². The zero-order valence-electron chi connectivity index (χ0n) is 17.3. The van der Waals surface area contributed by atoms with Gasteiger partial charge >= 0.3 is 0 Å². The van der Waals surface area contributed by atoms with Crippen molar-refractivity contribution in [1.29, 1.82) is 0 Å². The molecular formula is C26H27FN2O. The molecule has 30 heavy (non-hydrogen) atoms. The summed E-state index contributed by atoms with van der Waals surface area (Å²) in [5.74, 6) is 1.47. The molecule has 3 nitrogen and oxygen atoms in total. The van der Waals surface area contributed by atoms with E-state index in [0.29, 0.717) is 18.9 Å². The van der Waals surface area contributed by atoms with Gasteiger partial charge in [0.25, 0.3) is 0 Å². The maximum atomic E-state index is 12.8. The molecular weight excluding hydrogens is 375 g/mol. The number of benzene rings is 2. The summed E-state index contributed by atoms with van der Waals surface area (Å²) >= 11 is 0. The molecule has 0 N–H and O–H groups in total. The van der Waals surface area contributed by atoms with Gasteiger partial charge < -0.3 is 4.74 Å². The minimum Gasteiger partial charge on any atom is -0.490 e. The molecule has 2 aromatic carbocycles. The van der Waals surface area contributed by atoms with Crippen LogP contribution in [-0.2, 0) is 0 Å². The number of allylic oxidation sites excluding steroid dienone is 1. The van der Waals surface area contributed by atoms with Gasteiger partial charge in [0.2, 0.25) is 0 Å². The maximum Gasteiger partial charge on any atom is 0.159 e. The highest BCUT2D eigenvalue weighted by atomic mass is 19.1. The van der Waals surface area contributed by atoms with Crippen LogP contribution < -0.4 is 4.74 Å². The highest BCUT2D eigenvalue weighted by Crippen LogP contribution is 2.23. The monoisotopic (exact) mass is 402 g/mol. The average molecular weight is 403 g/mol. The number of halogens is 1. The molecule has 0 saturated heterocycles. The Morgan fingerprint density at radius 2 is 1.63 bits per heavy atom. The molecule has 0 spiro atoms. The number of nitrogens with zero attached hydrogens (tertiary/aromatic N) is 2. The summed E-state index contributed by atoms with van der Waals surface area (Å²) in [5, 5.41) is 0. The SMILES string of the molecule is C=CCOc1ccc(-c2ncc(-c3ccc(/C=C/CCCC(C)F)cc3)cn2)cc1. The molecule has 1 aromatic heterocycles. The molecule has 0 aliphatic carbocycles. The van der Waals surface area contributed by atoms with Gasteiger partial charge in [0.05, 0.1) is 6.17 Å². The van der Waals surface area contributed by atoms with Crippen molar-refractivity contribution in [1.82, 2.24) is 9.97 Å². The average Bonchev–Trinajstić information content (AvgIpc) is 2.78. The highest BCUT2D eigenvalue weighted by Gasteiger charge is 2.04. The smallest absolute Gasteiger partial charge is 0.159 e. The molecule has 154 valence electrons. The fourth-order valence-electron chi connectivity index (χ4n) is 3.00. The lowest BCUT2D eigenvalue weighted by atomic mass is 10.1. The topological polar surface area (TPSA) is 35.0 Å². The number of unbranched alkanes of at least 4 members (excludes halogenated alkanes) is 1. The van der Waals surface area contributed by atoms with E-state index in [1.54, 1.807) is 13.0 Å². The number of hydrogen-bond acceptors (Lipinski definition) is 3. The first-order valence-corrected chi connectivity index (χ1v) is 10.2. The highest BCUT2D eigenvalue weighted by molar-refractivity contribution is 5.66. The summed E-state index contributed by atoms with van der Waals surface area (Å²) in [4.78, 5) is 9.02. The van der Waals surface area contributed by atoms with E-state index in [9.17, 15) is 4.39 Å². The third-order valence-electron chi connectivity index (χ3n) is 4.66. The minimum absolute atomic E-state index is 0.484. The van der Waals surface area contributed by atoms with E-state index in [0.717, 1.165) is 40.8 Å².